The predicted molar refractivity (Wildman–Crippen MR) is 84.7 cm³/mol. The summed E-state index contributed by atoms with van der Waals surface area (Å²) in [5.74, 6) is 1.44. The zero-order valence-electron chi connectivity index (χ0n) is 12.0. The zero-order valence-corrected chi connectivity index (χ0v) is 13.6. The van der Waals surface area contributed by atoms with Crippen molar-refractivity contribution in [3.63, 3.8) is 0 Å². The quantitative estimate of drug-likeness (QED) is 0.618. The van der Waals surface area contributed by atoms with Gasteiger partial charge < -0.3 is 4.57 Å². The maximum Gasteiger partial charge on any atom is 0.208 e. The fourth-order valence-corrected chi connectivity index (χ4v) is 3.31. The molecule has 0 aliphatic rings. The molecule has 0 fully saturated rings. The summed E-state index contributed by atoms with van der Waals surface area (Å²) in [6.45, 7) is 3.18. The second-order valence-corrected chi connectivity index (χ2v) is 7.33. The minimum Gasteiger partial charge on any atom is -0.302 e. The molecule has 2 aromatic rings. The standard InChI is InChI=1S/C13H18N4O2S2/c1-3-17-12(11-7-5-4-6-8-11)15-16-13(17)20-10-9-14-21(2,18)19/h4-8,14H,3,9-10H2,1-2H3. The molecule has 1 aromatic heterocycles. The average Bonchev–Trinajstić information content (AvgIpc) is 2.86. The Balaban J connectivity index is 2.06. The number of nitrogens with one attached hydrogen (secondary N) is 1. The molecular weight excluding hydrogens is 308 g/mol. The number of aromatic nitrogens is 3. The SMILES string of the molecule is CCn1c(SCCNS(C)(=O)=O)nnc1-c1ccccc1. The van der Waals surface area contributed by atoms with Gasteiger partial charge in [0, 0.05) is 24.4 Å². The highest BCUT2D eigenvalue weighted by molar-refractivity contribution is 7.99. The summed E-state index contributed by atoms with van der Waals surface area (Å²) in [5, 5.41) is 9.23. The smallest absolute Gasteiger partial charge is 0.208 e. The molecule has 0 amide bonds. The Morgan fingerprint density at radius 3 is 2.57 bits per heavy atom. The zero-order chi connectivity index (χ0) is 15.3. The molecule has 0 unspecified atom stereocenters. The van der Waals surface area contributed by atoms with Crippen LogP contribution in [-0.4, -0.2) is 41.7 Å². The van der Waals surface area contributed by atoms with Crippen LogP contribution in [0.25, 0.3) is 11.4 Å². The van der Waals surface area contributed by atoms with Crippen LogP contribution in [0.5, 0.6) is 0 Å². The lowest BCUT2D eigenvalue weighted by atomic mass is 10.2. The first kappa shape index (κ1) is 16.0. The first-order valence-electron chi connectivity index (χ1n) is 6.57. The molecule has 8 heteroatoms. The summed E-state index contributed by atoms with van der Waals surface area (Å²) >= 11 is 1.49. The van der Waals surface area contributed by atoms with Gasteiger partial charge in [-0.2, -0.15) is 0 Å². The highest BCUT2D eigenvalue weighted by atomic mass is 32.2. The van der Waals surface area contributed by atoms with Gasteiger partial charge in [0.1, 0.15) is 0 Å². The number of nitrogens with zero attached hydrogens (tertiary/aromatic N) is 3. The third-order valence-corrected chi connectivity index (χ3v) is 4.46. The molecule has 6 nitrogen and oxygen atoms in total. The normalized spacial score (nSPS) is 11.7. The maximum absolute atomic E-state index is 11.0. The highest BCUT2D eigenvalue weighted by Crippen LogP contribution is 2.23. The third-order valence-electron chi connectivity index (χ3n) is 2.76. The van der Waals surface area contributed by atoms with E-state index < -0.39 is 10.0 Å². The summed E-state index contributed by atoms with van der Waals surface area (Å²) in [5.41, 5.74) is 1.02. The molecule has 21 heavy (non-hydrogen) atoms. The van der Waals surface area contributed by atoms with Gasteiger partial charge in [-0.15, -0.1) is 10.2 Å². The van der Waals surface area contributed by atoms with Gasteiger partial charge in [0.15, 0.2) is 11.0 Å². The molecule has 1 heterocycles. The number of sulfonamides is 1. The molecule has 0 aliphatic carbocycles. The Morgan fingerprint density at radius 2 is 1.95 bits per heavy atom. The summed E-state index contributed by atoms with van der Waals surface area (Å²) < 4.78 is 26.5. The number of thioether (sulfide) groups is 1. The van der Waals surface area contributed by atoms with Crippen LogP contribution in [0.4, 0.5) is 0 Å². The fraction of sp³-hybridized carbons (Fsp3) is 0.385. The lowest BCUT2D eigenvalue weighted by Gasteiger charge is -2.07. The summed E-state index contributed by atoms with van der Waals surface area (Å²) in [4.78, 5) is 0. The van der Waals surface area contributed by atoms with E-state index in [4.69, 9.17) is 0 Å². The van der Waals surface area contributed by atoms with E-state index in [0.717, 1.165) is 29.3 Å². The molecule has 0 aliphatic heterocycles. The van der Waals surface area contributed by atoms with Gasteiger partial charge in [0.2, 0.25) is 10.0 Å². The van der Waals surface area contributed by atoms with E-state index in [0.29, 0.717) is 12.3 Å². The maximum atomic E-state index is 11.0. The first-order chi connectivity index (χ1) is 10.0. The largest absolute Gasteiger partial charge is 0.302 e. The van der Waals surface area contributed by atoms with Crippen LogP contribution in [0.1, 0.15) is 6.92 Å². The van der Waals surface area contributed by atoms with E-state index in [2.05, 4.69) is 14.9 Å². The second kappa shape index (κ2) is 7.06. The molecule has 0 radical (unpaired) electrons. The molecule has 0 bridgehead atoms. The molecular formula is C13H18N4O2S2. The molecule has 114 valence electrons. The molecule has 1 N–H and O–H groups in total. The molecule has 0 saturated heterocycles. The molecule has 0 saturated carbocycles. The van der Waals surface area contributed by atoms with E-state index in [1.165, 1.54) is 11.8 Å². The molecule has 2 rings (SSSR count). The van der Waals surface area contributed by atoms with E-state index in [9.17, 15) is 8.42 Å². The van der Waals surface area contributed by atoms with Crippen molar-refractivity contribution >= 4 is 21.8 Å². The Bertz CT molecular complexity index is 683. The summed E-state index contributed by atoms with van der Waals surface area (Å²) in [6.07, 6.45) is 1.15. The summed E-state index contributed by atoms with van der Waals surface area (Å²) in [6, 6.07) is 9.88. The van der Waals surface area contributed by atoms with E-state index in [-0.39, 0.29) is 0 Å². The minimum absolute atomic E-state index is 0.376. The van der Waals surface area contributed by atoms with Crippen LogP contribution >= 0.6 is 11.8 Å². The lowest BCUT2D eigenvalue weighted by Crippen LogP contribution is -2.24. The van der Waals surface area contributed by atoms with E-state index >= 15 is 0 Å². The Kier molecular flexibility index (Phi) is 5.38. The van der Waals surface area contributed by atoms with Gasteiger partial charge in [0.25, 0.3) is 0 Å². The number of hydrogen-bond donors (Lipinski definition) is 1. The molecule has 0 spiro atoms. The van der Waals surface area contributed by atoms with Crippen LogP contribution in [0, 0.1) is 0 Å². The monoisotopic (exact) mass is 326 g/mol. The van der Waals surface area contributed by atoms with Crippen molar-refractivity contribution in [3.8, 4) is 11.4 Å². The van der Waals surface area contributed by atoms with Crippen LogP contribution in [0.3, 0.4) is 0 Å². The van der Waals surface area contributed by atoms with Crippen molar-refractivity contribution < 1.29 is 8.42 Å². The van der Waals surface area contributed by atoms with Crippen molar-refractivity contribution in [2.75, 3.05) is 18.6 Å². The minimum atomic E-state index is -3.14. The van der Waals surface area contributed by atoms with Crippen LogP contribution in [0.15, 0.2) is 35.5 Å². The van der Waals surface area contributed by atoms with Crippen molar-refractivity contribution in [1.29, 1.82) is 0 Å². The van der Waals surface area contributed by atoms with Crippen molar-refractivity contribution in [3.05, 3.63) is 30.3 Å². The average molecular weight is 326 g/mol. The number of hydrogen-bond acceptors (Lipinski definition) is 5. The fourth-order valence-electron chi connectivity index (χ4n) is 1.85. The van der Waals surface area contributed by atoms with Gasteiger partial charge in [-0.1, -0.05) is 42.1 Å². The van der Waals surface area contributed by atoms with Gasteiger partial charge in [-0.05, 0) is 6.92 Å². The Hall–Kier alpha value is -1.38. The Morgan fingerprint density at radius 1 is 1.24 bits per heavy atom. The third kappa shape index (κ3) is 4.55. The number of benzene rings is 1. The lowest BCUT2D eigenvalue weighted by molar-refractivity contribution is 0.590. The number of rotatable bonds is 7. The molecule has 0 atom stereocenters. The van der Waals surface area contributed by atoms with Gasteiger partial charge in [-0.3, -0.25) is 0 Å². The highest BCUT2D eigenvalue weighted by Gasteiger charge is 2.12. The van der Waals surface area contributed by atoms with Crippen molar-refractivity contribution in [1.82, 2.24) is 19.5 Å². The van der Waals surface area contributed by atoms with Crippen LogP contribution in [-0.2, 0) is 16.6 Å². The van der Waals surface area contributed by atoms with E-state index in [1.807, 2.05) is 41.8 Å². The predicted octanol–water partition coefficient (Wildman–Crippen LogP) is 1.61. The topological polar surface area (TPSA) is 76.9 Å². The Labute approximate surface area is 129 Å². The van der Waals surface area contributed by atoms with Gasteiger partial charge in [0.05, 0.1) is 6.26 Å². The van der Waals surface area contributed by atoms with Gasteiger partial charge >= 0.3 is 0 Å². The van der Waals surface area contributed by atoms with Crippen molar-refractivity contribution in [2.45, 2.75) is 18.6 Å². The van der Waals surface area contributed by atoms with Crippen molar-refractivity contribution in [2.24, 2.45) is 0 Å². The molecule has 1 aromatic carbocycles. The summed E-state index contributed by atoms with van der Waals surface area (Å²) in [7, 11) is -3.14. The van der Waals surface area contributed by atoms with Gasteiger partial charge in [-0.25, -0.2) is 13.1 Å². The first-order valence-corrected chi connectivity index (χ1v) is 9.45. The van der Waals surface area contributed by atoms with Crippen LogP contribution in [0.2, 0.25) is 0 Å². The van der Waals surface area contributed by atoms with E-state index in [1.54, 1.807) is 0 Å². The van der Waals surface area contributed by atoms with Crippen LogP contribution < -0.4 is 4.72 Å². The second-order valence-electron chi connectivity index (χ2n) is 4.43.